The van der Waals surface area contributed by atoms with E-state index in [0.29, 0.717) is 44.0 Å². The Labute approximate surface area is 161 Å². The number of pyridine rings is 1. The molecule has 152 valence electrons. The van der Waals surface area contributed by atoms with Gasteiger partial charge in [-0.2, -0.15) is 13.2 Å². The van der Waals surface area contributed by atoms with E-state index in [9.17, 15) is 17.6 Å². The molecule has 0 spiro atoms. The van der Waals surface area contributed by atoms with Gasteiger partial charge in [0.1, 0.15) is 12.0 Å². The van der Waals surface area contributed by atoms with Crippen LogP contribution in [0, 0.1) is 5.82 Å². The van der Waals surface area contributed by atoms with Crippen LogP contribution >= 0.6 is 0 Å². The maximum Gasteiger partial charge on any atom is 0.433 e. The number of halogens is 4. The summed E-state index contributed by atoms with van der Waals surface area (Å²) in [7, 11) is 0. The van der Waals surface area contributed by atoms with E-state index in [2.05, 4.69) is 15.0 Å². The van der Waals surface area contributed by atoms with E-state index in [4.69, 9.17) is 0 Å². The molecule has 1 saturated heterocycles. The summed E-state index contributed by atoms with van der Waals surface area (Å²) in [6, 6.07) is 2.66. The number of aromatic nitrogens is 3. The highest BCUT2D eigenvalue weighted by Crippen LogP contribution is 2.29. The maximum atomic E-state index is 14.9. The van der Waals surface area contributed by atoms with E-state index in [0.717, 1.165) is 6.07 Å². The zero-order valence-corrected chi connectivity index (χ0v) is 16.1. The lowest BCUT2D eigenvalue weighted by atomic mass is 9.91. The van der Waals surface area contributed by atoms with Crippen molar-refractivity contribution in [2.45, 2.75) is 38.9 Å². The zero-order chi connectivity index (χ0) is 20.5. The van der Waals surface area contributed by atoms with Crippen LogP contribution in [-0.4, -0.2) is 46.0 Å². The molecule has 1 aliphatic heterocycles. The van der Waals surface area contributed by atoms with E-state index in [1.165, 1.54) is 12.5 Å². The van der Waals surface area contributed by atoms with Crippen LogP contribution in [0.3, 0.4) is 0 Å². The topological polar surface area (TPSA) is 45.2 Å². The second-order valence-corrected chi connectivity index (χ2v) is 7.92. The number of piperazine rings is 1. The van der Waals surface area contributed by atoms with Gasteiger partial charge in [0.2, 0.25) is 0 Å². The van der Waals surface area contributed by atoms with Crippen molar-refractivity contribution in [3.8, 4) is 0 Å². The first-order valence-corrected chi connectivity index (χ1v) is 9.06. The lowest BCUT2D eigenvalue weighted by Gasteiger charge is -2.36. The molecule has 0 bridgehead atoms. The summed E-state index contributed by atoms with van der Waals surface area (Å²) in [5.41, 5.74) is -0.391. The van der Waals surface area contributed by atoms with E-state index in [-0.39, 0.29) is 5.82 Å². The molecule has 5 nitrogen and oxygen atoms in total. The first kappa shape index (κ1) is 20.4. The van der Waals surface area contributed by atoms with E-state index in [1.54, 1.807) is 6.07 Å². The van der Waals surface area contributed by atoms with Crippen molar-refractivity contribution in [1.29, 1.82) is 0 Å². The summed E-state index contributed by atoms with van der Waals surface area (Å²) in [6.07, 6.45) is -1.90. The van der Waals surface area contributed by atoms with Crippen molar-refractivity contribution in [3.63, 3.8) is 0 Å². The first-order valence-electron chi connectivity index (χ1n) is 9.06. The highest BCUT2D eigenvalue weighted by molar-refractivity contribution is 5.43. The maximum absolute atomic E-state index is 14.9. The largest absolute Gasteiger partial charge is 0.433 e. The highest BCUT2D eigenvalue weighted by atomic mass is 19.4. The van der Waals surface area contributed by atoms with Crippen LogP contribution in [0.1, 0.15) is 37.7 Å². The van der Waals surface area contributed by atoms with Gasteiger partial charge in [0.15, 0.2) is 11.6 Å². The van der Waals surface area contributed by atoms with Crippen molar-refractivity contribution in [2.75, 3.05) is 31.1 Å². The molecule has 1 aliphatic rings. The molecular formula is C19H23F4N5. The van der Waals surface area contributed by atoms with Crippen molar-refractivity contribution < 1.29 is 17.6 Å². The molecule has 2 aromatic rings. The van der Waals surface area contributed by atoms with Crippen LogP contribution in [-0.2, 0) is 18.1 Å². The Kier molecular flexibility index (Phi) is 5.56. The SMILES string of the molecule is CC(C)(C)c1ncnc(N2CCN(Cc3ccnc(C(F)(F)F)c3)CC2)c1F. The van der Waals surface area contributed by atoms with E-state index in [1.807, 2.05) is 30.6 Å². The van der Waals surface area contributed by atoms with Crippen LogP contribution in [0.15, 0.2) is 24.7 Å². The standard InChI is InChI=1S/C19H23F4N5/c1-18(2,3)16-15(20)17(26-12-25-16)28-8-6-27(7-9-28)11-13-4-5-24-14(10-13)19(21,22)23/h4-5,10,12H,6-9,11H2,1-3H3. The minimum absolute atomic E-state index is 0.280. The van der Waals surface area contributed by atoms with Crippen LogP contribution in [0.25, 0.3) is 0 Å². The molecule has 0 aromatic carbocycles. The Hall–Kier alpha value is -2.29. The Morgan fingerprint density at radius 2 is 1.68 bits per heavy atom. The van der Waals surface area contributed by atoms with Gasteiger partial charge in [-0.05, 0) is 17.7 Å². The van der Waals surface area contributed by atoms with Crippen molar-refractivity contribution in [1.82, 2.24) is 19.9 Å². The van der Waals surface area contributed by atoms with Gasteiger partial charge in [0.25, 0.3) is 0 Å². The van der Waals surface area contributed by atoms with E-state index >= 15 is 0 Å². The lowest BCUT2D eigenvalue weighted by Crippen LogP contribution is -2.46. The van der Waals surface area contributed by atoms with Gasteiger partial charge in [-0.1, -0.05) is 20.8 Å². The molecule has 2 aromatic heterocycles. The van der Waals surface area contributed by atoms with Crippen LogP contribution in [0.2, 0.25) is 0 Å². The average molecular weight is 397 g/mol. The summed E-state index contributed by atoms with van der Waals surface area (Å²) in [5.74, 6) is -0.129. The molecule has 0 N–H and O–H groups in total. The fraction of sp³-hybridized carbons (Fsp3) is 0.526. The Morgan fingerprint density at radius 1 is 1.00 bits per heavy atom. The molecule has 28 heavy (non-hydrogen) atoms. The molecule has 0 atom stereocenters. The summed E-state index contributed by atoms with van der Waals surface area (Å²) in [6.45, 7) is 8.33. The fourth-order valence-corrected chi connectivity index (χ4v) is 3.21. The third-order valence-corrected chi connectivity index (χ3v) is 4.67. The van der Waals surface area contributed by atoms with Gasteiger partial charge in [0, 0.05) is 44.3 Å². The second kappa shape index (κ2) is 7.62. The molecule has 0 amide bonds. The number of hydrogen-bond acceptors (Lipinski definition) is 5. The normalized spacial score (nSPS) is 16.5. The highest BCUT2D eigenvalue weighted by Gasteiger charge is 2.32. The van der Waals surface area contributed by atoms with Gasteiger partial charge < -0.3 is 4.90 Å². The average Bonchev–Trinajstić information content (AvgIpc) is 2.61. The van der Waals surface area contributed by atoms with Gasteiger partial charge in [-0.15, -0.1) is 0 Å². The summed E-state index contributed by atoms with van der Waals surface area (Å²) in [5, 5.41) is 0. The molecule has 0 aliphatic carbocycles. The van der Waals surface area contributed by atoms with Crippen molar-refractivity contribution in [2.24, 2.45) is 0 Å². The Morgan fingerprint density at radius 3 is 2.29 bits per heavy atom. The minimum Gasteiger partial charge on any atom is -0.352 e. The van der Waals surface area contributed by atoms with Gasteiger partial charge >= 0.3 is 6.18 Å². The lowest BCUT2D eigenvalue weighted by molar-refractivity contribution is -0.141. The number of hydrogen-bond donors (Lipinski definition) is 0. The monoisotopic (exact) mass is 397 g/mol. The molecule has 0 radical (unpaired) electrons. The van der Waals surface area contributed by atoms with Crippen LogP contribution in [0.5, 0.6) is 0 Å². The molecule has 3 heterocycles. The summed E-state index contributed by atoms with van der Waals surface area (Å²) < 4.78 is 53.3. The first-order chi connectivity index (χ1) is 13.1. The smallest absolute Gasteiger partial charge is 0.352 e. The fourth-order valence-electron chi connectivity index (χ4n) is 3.21. The Bertz CT molecular complexity index is 824. The molecule has 1 fully saturated rings. The van der Waals surface area contributed by atoms with Crippen LogP contribution in [0.4, 0.5) is 23.4 Å². The predicted octanol–water partition coefficient (Wildman–Crippen LogP) is 3.65. The number of nitrogens with zero attached hydrogens (tertiary/aromatic N) is 5. The minimum atomic E-state index is -4.45. The van der Waals surface area contributed by atoms with Crippen molar-refractivity contribution in [3.05, 3.63) is 47.4 Å². The van der Waals surface area contributed by atoms with Gasteiger partial charge in [-0.25, -0.2) is 14.4 Å². The van der Waals surface area contributed by atoms with Crippen molar-refractivity contribution >= 4 is 5.82 Å². The molecule has 9 heteroatoms. The summed E-state index contributed by atoms with van der Waals surface area (Å²) in [4.78, 5) is 15.5. The molecule has 3 rings (SSSR count). The number of anilines is 1. The van der Waals surface area contributed by atoms with Gasteiger partial charge in [0.05, 0.1) is 5.69 Å². The number of alkyl halides is 3. The van der Waals surface area contributed by atoms with Crippen LogP contribution < -0.4 is 4.90 Å². The van der Waals surface area contributed by atoms with Gasteiger partial charge in [-0.3, -0.25) is 9.88 Å². The third-order valence-electron chi connectivity index (χ3n) is 4.67. The molecule has 0 saturated carbocycles. The zero-order valence-electron chi connectivity index (χ0n) is 16.1. The molecular weight excluding hydrogens is 374 g/mol. The predicted molar refractivity (Wildman–Crippen MR) is 97.4 cm³/mol. The summed E-state index contributed by atoms with van der Waals surface area (Å²) >= 11 is 0. The molecule has 0 unspecified atom stereocenters. The second-order valence-electron chi connectivity index (χ2n) is 7.92. The number of rotatable bonds is 3. The quantitative estimate of drug-likeness (QED) is 0.740. The third kappa shape index (κ3) is 4.57. The van der Waals surface area contributed by atoms with E-state index < -0.39 is 23.1 Å². The Balaban J connectivity index is 1.66.